The lowest BCUT2D eigenvalue weighted by Crippen LogP contribution is -2.74. The van der Waals surface area contributed by atoms with Crippen molar-refractivity contribution in [1.29, 1.82) is 0 Å². The number of hydrogen-bond acceptors (Lipinski definition) is 3. The molecule has 1 aliphatic rings. The highest BCUT2D eigenvalue weighted by Gasteiger charge is 2.63. The number of carbonyl (C=O) groups is 2. The molecule has 0 aromatic heterocycles. The lowest BCUT2D eigenvalue weighted by molar-refractivity contribution is -0.264. The average Bonchev–Trinajstić information content (AvgIpc) is 1.99. The number of alkyl halides is 3. The van der Waals surface area contributed by atoms with Crippen molar-refractivity contribution in [1.82, 2.24) is 10.6 Å². The lowest BCUT2D eigenvalue weighted by atomic mass is 10.1. The minimum atomic E-state index is -5.24. The molecule has 0 spiro atoms. The summed E-state index contributed by atoms with van der Waals surface area (Å²) >= 11 is 0. The van der Waals surface area contributed by atoms with E-state index in [1.807, 2.05) is 0 Å². The Balaban J connectivity index is 3.01. The molecule has 2 amide bonds. The van der Waals surface area contributed by atoms with E-state index in [0.29, 0.717) is 0 Å². The van der Waals surface area contributed by atoms with Gasteiger partial charge in [0.2, 0.25) is 5.91 Å². The maximum Gasteiger partial charge on any atom is 0.446 e. The van der Waals surface area contributed by atoms with Crippen LogP contribution >= 0.6 is 0 Å². The lowest BCUT2D eigenvalue weighted by Gasteiger charge is -2.35. The van der Waals surface area contributed by atoms with Crippen molar-refractivity contribution < 1.29 is 27.9 Å². The summed E-state index contributed by atoms with van der Waals surface area (Å²) < 4.78 is 36.5. The van der Waals surface area contributed by atoms with E-state index in [1.54, 1.807) is 5.32 Å². The molecule has 80 valence electrons. The van der Waals surface area contributed by atoms with Gasteiger partial charge in [0, 0.05) is 0 Å². The number of hydrogen-bond donors (Lipinski definition) is 3. The van der Waals surface area contributed by atoms with Crippen LogP contribution in [-0.2, 0) is 9.59 Å². The molecule has 1 rings (SSSR count). The number of amides is 2. The van der Waals surface area contributed by atoms with E-state index in [-0.39, 0.29) is 0 Å². The van der Waals surface area contributed by atoms with Crippen LogP contribution in [0.1, 0.15) is 6.92 Å². The summed E-state index contributed by atoms with van der Waals surface area (Å²) in [5, 5.41) is 11.8. The van der Waals surface area contributed by atoms with E-state index in [2.05, 4.69) is 0 Å². The fraction of sp³-hybridized carbons (Fsp3) is 0.667. The highest BCUT2D eigenvalue weighted by molar-refractivity contribution is 5.98. The summed E-state index contributed by atoms with van der Waals surface area (Å²) in [4.78, 5) is 21.6. The Morgan fingerprint density at radius 2 is 1.93 bits per heavy atom. The molecule has 0 aliphatic carbocycles. The summed E-state index contributed by atoms with van der Waals surface area (Å²) in [5.74, 6) is -2.78. The van der Waals surface area contributed by atoms with Gasteiger partial charge in [0.15, 0.2) is 0 Å². The standard InChI is InChI=1S/C6H7F3N2O3/c1-2-3(12)11-5(14,4(13)10-2)6(7,8)9/h2,14H,1H3,(H,10,13)(H,11,12)/t2-,5+/m1/s1. The largest absolute Gasteiger partial charge is 0.446 e. The van der Waals surface area contributed by atoms with Gasteiger partial charge in [-0.2, -0.15) is 13.2 Å². The summed E-state index contributed by atoms with van der Waals surface area (Å²) in [7, 11) is 0. The third-order valence-electron chi connectivity index (χ3n) is 1.78. The Morgan fingerprint density at radius 1 is 1.43 bits per heavy atom. The van der Waals surface area contributed by atoms with Crippen LogP contribution < -0.4 is 10.6 Å². The Morgan fingerprint density at radius 3 is 2.36 bits per heavy atom. The maximum absolute atomic E-state index is 12.2. The number of carbonyl (C=O) groups excluding carboxylic acids is 2. The van der Waals surface area contributed by atoms with Crippen LogP contribution in [0, 0.1) is 0 Å². The normalized spacial score (nSPS) is 33.6. The fourth-order valence-electron chi connectivity index (χ4n) is 0.910. The van der Waals surface area contributed by atoms with Gasteiger partial charge in [-0.3, -0.25) is 9.59 Å². The molecule has 5 nitrogen and oxygen atoms in total. The Labute approximate surface area is 76.3 Å². The number of halogens is 3. The SMILES string of the molecule is C[C@H]1NC(=O)[C@](O)(C(F)(F)F)NC1=O. The summed E-state index contributed by atoms with van der Waals surface area (Å²) in [6.45, 7) is 1.20. The molecule has 8 heteroatoms. The Hall–Kier alpha value is -1.31. The zero-order valence-corrected chi connectivity index (χ0v) is 6.97. The summed E-state index contributed by atoms with van der Waals surface area (Å²) in [5.41, 5.74) is -3.82. The summed E-state index contributed by atoms with van der Waals surface area (Å²) in [6.07, 6.45) is -5.24. The van der Waals surface area contributed by atoms with Crippen LogP contribution in [0.5, 0.6) is 0 Å². The first-order chi connectivity index (χ1) is 6.18. The van der Waals surface area contributed by atoms with Gasteiger partial charge in [-0.25, -0.2) is 0 Å². The van der Waals surface area contributed by atoms with E-state index < -0.39 is 29.8 Å². The molecule has 1 heterocycles. The van der Waals surface area contributed by atoms with Crippen molar-refractivity contribution in [2.75, 3.05) is 0 Å². The van der Waals surface area contributed by atoms with E-state index >= 15 is 0 Å². The first-order valence-electron chi connectivity index (χ1n) is 3.60. The fourth-order valence-corrected chi connectivity index (χ4v) is 0.910. The number of rotatable bonds is 0. The quantitative estimate of drug-likeness (QED) is 0.475. The molecule has 14 heavy (non-hydrogen) atoms. The van der Waals surface area contributed by atoms with E-state index in [1.165, 1.54) is 12.2 Å². The molecule has 0 radical (unpaired) electrons. The van der Waals surface area contributed by atoms with Crippen molar-refractivity contribution in [2.45, 2.75) is 24.9 Å². The van der Waals surface area contributed by atoms with Gasteiger partial charge in [0.05, 0.1) is 0 Å². The molecule has 0 saturated carbocycles. The van der Waals surface area contributed by atoms with Crippen LogP contribution in [0.2, 0.25) is 0 Å². The molecular weight excluding hydrogens is 205 g/mol. The van der Waals surface area contributed by atoms with Gasteiger partial charge in [0.1, 0.15) is 6.04 Å². The predicted molar refractivity (Wildman–Crippen MR) is 36.8 cm³/mol. The number of aliphatic hydroxyl groups is 1. The van der Waals surface area contributed by atoms with Crippen molar-refractivity contribution in [3.63, 3.8) is 0 Å². The molecule has 0 aromatic rings. The minimum absolute atomic E-state index is 1.09. The number of piperazine rings is 1. The van der Waals surface area contributed by atoms with Gasteiger partial charge >= 0.3 is 11.9 Å². The van der Waals surface area contributed by atoms with Crippen LogP contribution in [0.15, 0.2) is 0 Å². The molecule has 1 fully saturated rings. The Kier molecular flexibility index (Phi) is 2.18. The smallest absolute Gasteiger partial charge is 0.356 e. The van der Waals surface area contributed by atoms with Crippen LogP contribution in [0.25, 0.3) is 0 Å². The third kappa shape index (κ3) is 1.41. The van der Waals surface area contributed by atoms with Gasteiger partial charge in [-0.1, -0.05) is 0 Å². The monoisotopic (exact) mass is 212 g/mol. The van der Waals surface area contributed by atoms with Gasteiger partial charge in [-0.05, 0) is 6.92 Å². The first-order valence-corrected chi connectivity index (χ1v) is 3.60. The van der Waals surface area contributed by atoms with Gasteiger partial charge < -0.3 is 15.7 Å². The van der Waals surface area contributed by atoms with Crippen molar-refractivity contribution in [2.24, 2.45) is 0 Å². The Bertz CT molecular complexity index is 291. The molecule has 3 N–H and O–H groups in total. The number of nitrogens with one attached hydrogen (secondary N) is 2. The highest BCUT2D eigenvalue weighted by atomic mass is 19.4. The van der Waals surface area contributed by atoms with Crippen LogP contribution in [-0.4, -0.2) is 34.9 Å². The second-order valence-corrected chi connectivity index (χ2v) is 2.89. The molecular formula is C6H7F3N2O3. The van der Waals surface area contributed by atoms with E-state index in [9.17, 15) is 22.8 Å². The zero-order valence-electron chi connectivity index (χ0n) is 6.97. The summed E-state index contributed by atoms with van der Waals surface area (Å²) in [6, 6.07) is -1.09. The van der Waals surface area contributed by atoms with Gasteiger partial charge in [-0.15, -0.1) is 0 Å². The van der Waals surface area contributed by atoms with Gasteiger partial charge in [0.25, 0.3) is 5.91 Å². The van der Waals surface area contributed by atoms with Crippen molar-refractivity contribution in [3.05, 3.63) is 0 Å². The molecule has 2 atom stereocenters. The molecule has 1 saturated heterocycles. The second-order valence-electron chi connectivity index (χ2n) is 2.89. The second kappa shape index (κ2) is 2.84. The molecule has 0 bridgehead atoms. The molecule has 0 aromatic carbocycles. The first kappa shape index (κ1) is 10.8. The molecule has 1 aliphatic heterocycles. The van der Waals surface area contributed by atoms with Crippen molar-refractivity contribution >= 4 is 11.8 Å². The average molecular weight is 212 g/mol. The highest BCUT2D eigenvalue weighted by Crippen LogP contribution is 2.29. The van der Waals surface area contributed by atoms with Crippen LogP contribution in [0.4, 0.5) is 13.2 Å². The third-order valence-corrected chi connectivity index (χ3v) is 1.78. The van der Waals surface area contributed by atoms with E-state index in [0.717, 1.165) is 0 Å². The topological polar surface area (TPSA) is 78.4 Å². The molecule has 0 unspecified atom stereocenters. The predicted octanol–water partition coefficient (Wildman–Crippen LogP) is -1.13. The van der Waals surface area contributed by atoms with Crippen LogP contribution in [0.3, 0.4) is 0 Å². The zero-order chi connectivity index (χ0) is 11.1. The maximum atomic E-state index is 12.2. The minimum Gasteiger partial charge on any atom is -0.356 e. The van der Waals surface area contributed by atoms with E-state index in [4.69, 9.17) is 5.11 Å². The van der Waals surface area contributed by atoms with Crippen molar-refractivity contribution in [3.8, 4) is 0 Å².